The molecule has 6 nitrogen and oxygen atoms in total. The van der Waals surface area contributed by atoms with Crippen molar-refractivity contribution >= 4 is 51.1 Å². The lowest BCUT2D eigenvalue weighted by atomic mass is 10.2. The number of guanidine groups is 1. The van der Waals surface area contributed by atoms with E-state index in [9.17, 15) is 8.42 Å². The SMILES string of the molecule is CN=C(NCC(c1cccs1)N1CCCC1)N1CCS(=O)(=O)C(C)(C)C1.I. The molecule has 2 aliphatic rings. The molecule has 0 aliphatic carbocycles. The van der Waals surface area contributed by atoms with Crippen molar-refractivity contribution in [1.29, 1.82) is 0 Å². The minimum absolute atomic E-state index is 0. The van der Waals surface area contributed by atoms with Crippen LogP contribution in [0.1, 0.15) is 37.6 Å². The number of nitrogens with one attached hydrogen (secondary N) is 1. The summed E-state index contributed by atoms with van der Waals surface area (Å²) in [5, 5.41) is 5.65. The van der Waals surface area contributed by atoms with Crippen molar-refractivity contribution in [3.63, 3.8) is 0 Å². The molecule has 1 N–H and O–H groups in total. The van der Waals surface area contributed by atoms with Crippen molar-refractivity contribution < 1.29 is 8.42 Å². The van der Waals surface area contributed by atoms with Gasteiger partial charge in [0, 0.05) is 31.6 Å². The highest BCUT2D eigenvalue weighted by Gasteiger charge is 2.41. The van der Waals surface area contributed by atoms with E-state index in [-0.39, 0.29) is 29.7 Å². The van der Waals surface area contributed by atoms with Crippen LogP contribution in [0, 0.1) is 0 Å². The predicted molar refractivity (Wildman–Crippen MR) is 124 cm³/mol. The number of likely N-dealkylation sites (tertiary alicyclic amines) is 1. The number of hydrogen-bond acceptors (Lipinski definition) is 5. The molecule has 0 radical (unpaired) electrons. The van der Waals surface area contributed by atoms with Crippen LogP contribution in [0.3, 0.4) is 0 Å². The van der Waals surface area contributed by atoms with Gasteiger partial charge in [0.05, 0.1) is 16.5 Å². The van der Waals surface area contributed by atoms with Gasteiger partial charge in [-0.15, -0.1) is 35.3 Å². The molecule has 1 unspecified atom stereocenters. The number of rotatable bonds is 4. The van der Waals surface area contributed by atoms with Crippen LogP contribution in [-0.2, 0) is 9.84 Å². The quantitative estimate of drug-likeness (QED) is 0.371. The number of hydrogen-bond donors (Lipinski definition) is 1. The van der Waals surface area contributed by atoms with E-state index in [1.165, 1.54) is 17.7 Å². The van der Waals surface area contributed by atoms with Gasteiger partial charge >= 0.3 is 0 Å². The van der Waals surface area contributed by atoms with E-state index >= 15 is 0 Å². The highest BCUT2D eigenvalue weighted by atomic mass is 127. The highest BCUT2D eigenvalue weighted by Crippen LogP contribution is 2.28. The van der Waals surface area contributed by atoms with Gasteiger partial charge in [-0.05, 0) is 51.2 Å². The third-order valence-electron chi connectivity index (χ3n) is 5.46. The molecule has 2 saturated heterocycles. The Balaban J connectivity index is 0.00000261. The molecule has 0 saturated carbocycles. The number of thiophene rings is 1. The standard InChI is InChI=1S/C18H30N4O2S2.HI/c1-18(2)14-22(10-12-26(18,23)24)17(19-3)20-13-15(16-7-6-11-25-16)21-8-4-5-9-21;/h6-7,11,15H,4-5,8-10,12-14H2,1-3H3,(H,19,20);1H. The Morgan fingerprint density at radius 2 is 2.04 bits per heavy atom. The van der Waals surface area contributed by atoms with E-state index in [0.29, 0.717) is 19.1 Å². The van der Waals surface area contributed by atoms with Crippen molar-refractivity contribution in [2.45, 2.75) is 37.5 Å². The molecule has 0 spiro atoms. The average molecular weight is 527 g/mol. The predicted octanol–water partition coefficient (Wildman–Crippen LogP) is 2.59. The Kier molecular flexibility index (Phi) is 7.98. The maximum absolute atomic E-state index is 12.3. The fourth-order valence-corrected chi connectivity index (χ4v) is 6.02. The van der Waals surface area contributed by atoms with Crippen molar-refractivity contribution in [1.82, 2.24) is 15.1 Å². The van der Waals surface area contributed by atoms with E-state index in [1.807, 2.05) is 0 Å². The Hall–Kier alpha value is -0.390. The van der Waals surface area contributed by atoms with Crippen LogP contribution in [0.5, 0.6) is 0 Å². The summed E-state index contributed by atoms with van der Waals surface area (Å²) in [6.45, 7) is 7.65. The van der Waals surface area contributed by atoms with Crippen LogP contribution >= 0.6 is 35.3 Å². The lowest BCUT2D eigenvalue weighted by Crippen LogP contribution is -2.57. The summed E-state index contributed by atoms with van der Waals surface area (Å²) in [6, 6.07) is 4.65. The first kappa shape index (κ1) is 22.9. The van der Waals surface area contributed by atoms with E-state index in [2.05, 4.69) is 37.6 Å². The van der Waals surface area contributed by atoms with Crippen LogP contribution < -0.4 is 5.32 Å². The first-order chi connectivity index (χ1) is 12.3. The minimum atomic E-state index is -3.05. The van der Waals surface area contributed by atoms with Crippen molar-refractivity contribution in [3.8, 4) is 0 Å². The number of sulfone groups is 1. The fraction of sp³-hybridized carbons (Fsp3) is 0.722. The van der Waals surface area contributed by atoms with E-state index in [1.54, 1.807) is 32.2 Å². The lowest BCUT2D eigenvalue weighted by molar-refractivity contribution is 0.246. The Bertz CT molecular complexity index is 729. The maximum atomic E-state index is 12.3. The topological polar surface area (TPSA) is 65.0 Å². The molecule has 3 heterocycles. The molecule has 2 fully saturated rings. The zero-order valence-electron chi connectivity index (χ0n) is 16.3. The zero-order valence-corrected chi connectivity index (χ0v) is 20.3. The second kappa shape index (κ2) is 9.41. The van der Waals surface area contributed by atoms with Gasteiger partial charge < -0.3 is 10.2 Å². The Morgan fingerprint density at radius 3 is 2.59 bits per heavy atom. The van der Waals surface area contributed by atoms with Gasteiger partial charge in [0.2, 0.25) is 0 Å². The molecule has 1 atom stereocenters. The Morgan fingerprint density at radius 1 is 1.33 bits per heavy atom. The third-order valence-corrected chi connectivity index (χ3v) is 8.97. The Labute approximate surface area is 184 Å². The molecule has 1 aromatic heterocycles. The number of nitrogens with zero attached hydrogens (tertiary/aromatic N) is 3. The first-order valence-corrected chi connectivity index (χ1v) is 11.8. The van der Waals surface area contributed by atoms with E-state index in [4.69, 9.17) is 0 Å². The fourth-order valence-electron chi connectivity index (χ4n) is 3.79. The molecular formula is C18H31IN4O2S2. The molecule has 0 amide bonds. The molecule has 0 aromatic carbocycles. The summed E-state index contributed by atoms with van der Waals surface area (Å²) in [5.41, 5.74) is 0. The van der Waals surface area contributed by atoms with E-state index < -0.39 is 14.6 Å². The summed E-state index contributed by atoms with van der Waals surface area (Å²) in [4.78, 5) is 10.4. The van der Waals surface area contributed by atoms with Crippen molar-refractivity contribution in [3.05, 3.63) is 22.4 Å². The van der Waals surface area contributed by atoms with Gasteiger partial charge in [0.1, 0.15) is 0 Å². The first-order valence-electron chi connectivity index (χ1n) is 9.29. The smallest absolute Gasteiger partial charge is 0.193 e. The average Bonchev–Trinajstić information content (AvgIpc) is 3.28. The van der Waals surface area contributed by atoms with Gasteiger partial charge in [0.15, 0.2) is 15.8 Å². The van der Waals surface area contributed by atoms with Crippen molar-refractivity contribution in [2.75, 3.05) is 45.5 Å². The largest absolute Gasteiger partial charge is 0.354 e. The zero-order chi connectivity index (χ0) is 18.8. The van der Waals surface area contributed by atoms with Gasteiger partial charge in [-0.1, -0.05) is 6.07 Å². The normalized spacial score (nSPS) is 23.7. The van der Waals surface area contributed by atoms with E-state index in [0.717, 1.165) is 25.6 Å². The maximum Gasteiger partial charge on any atom is 0.193 e. The lowest BCUT2D eigenvalue weighted by Gasteiger charge is -2.39. The summed E-state index contributed by atoms with van der Waals surface area (Å²) >= 11 is 1.80. The van der Waals surface area contributed by atoms with Crippen molar-refractivity contribution in [2.24, 2.45) is 4.99 Å². The van der Waals surface area contributed by atoms with Gasteiger partial charge in [-0.25, -0.2) is 8.42 Å². The second-order valence-corrected chi connectivity index (χ2v) is 11.4. The minimum Gasteiger partial charge on any atom is -0.354 e. The van der Waals surface area contributed by atoms with Gasteiger partial charge in [-0.2, -0.15) is 0 Å². The molecule has 9 heteroatoms. The number of aliphatic imine (C=N–C) groups is 1. The van der Waals surface area contributed by atoms with Crippen LogP contribution in [0.4, 0.5) is 0 Å². The number of halogens is 1. The summed E-state index contributed by atoms with van der Waals surface area (Å²) in [5.74, 6) is 0.981. The second-order valence-electron chi connectivity index (χ2n) is 7.70. The molecule has 154 valence electrons. The van der Waals surface area contributed by atoms with Gasteiger partial charge in [-0.3, -0.25) is 9.89 Å². The van der Waals surface area contributed by atoms with Crippen LogP contribution in [-0.4, -0.2) is 74.4 Å². The molecule has 1 aromatic rings. The van der Waals surface area contributed by atoms with Gasteiger partial charge in [0.25, 0.3) is 0 Å². The molecule has 2 aliphatic heterocycles. The highest BCUT2D eigenvalue weighted by molar-refractivity contribution is 14.0. The summed E-state index contributed by atoms with van der Waals surface area (Å²) in [6.07, 6.45) is 2.52. The van der Waals surface area contributed by atoms with Crippen LogP contribution in [0.15, 0.2) is 22.5 Å². The molecule has 27 heavy (non-hydrogen) atoms. The summed E-state index contributed by atoms with van der Waals surface area (Å²) in [7, 11) is -1.27. The van der Waals surface area contributed by atoms with Crippen LogP contribution in [0.2, 0.25) is 0 Å². The summed E-state index contributed by atoms with van der Waals surface area (Å²) < 4.78 is 23.8. The van der Waals surface area contributed by atoms with Crippen LogP contribution in [0.25, 0.3) is 0 Å². The molecule has 3 rings (SSSR count). The molecular weight excluding hydrogens is 495 g/mol. The third kappa shape index (κ3) is 5.16. The molecule has 0 bridgehead atoms. The monoisotopic (exact) mass is 526 g/mol.